The van der Waals surface area contributed by atoms with Gasteiger partial charge in [0.2, 0.25) is 5.95 Å². The summed E-state index contributed by atoms with van der Waals surface area (Å²) in [5.41, 5.74) is 5.70. The minimum atomic E-state index is 0.664. The molecule has 1 aliphatic rings. The molecule has 1 saturated heterocycles. The Bertz CT molecular complexity index is 484. The minimum absolute atomic E-state index is 0.664. The highest BCUT2D eigenvalue weighted by atomic mass is 32.1. The van der Waals surface area contributed by atoms with Crippen LogP contribution in [0.4, 0.5) is 5.95 Å². The largest absolute Gasteiger partial charge is 0.340 e. The normalized spacial score (nSPS) is 17.3. The first-order chi connectivity index (χ1) is 8.86. The van der Waals surface area contributed by atoms with Crippen molar-refractivity contribution in [3.63, 3.8) is 0 Å². The van der Waals surface area contributed by atoms with E-state index in [0.717, 1.165) is 49.1 Å². The smallest absolute Gasteiger partial charge is 0.245 e. The topological polar surface area (TPSA) is 70.8 Å². The van der Waals surface area contributed by atoms with Crippen molar-refractivity contribution in [2.45, 2.75) is 12.8 Å². The van der Waals surface area contributed by atoms with Crippen molar-refractivity contribution in [2.75, 3.05) is 24.5 Å². The van der Waals surface area contributed by atoms with E-state index in [1.165, 1.54) is 0 Å². The van der Waals surface area contributed by atoms with E-state index >= 15 is 0 Å². The zero-order valence-electron chi connectivity index (χ0n) is 10.2. The molecule has 0 unspecified atom stereocenters. The quantitative estimate of drug-likeness (QED) is 0.884. The zero-order chi connectivity index (χ0) is 12.4. The van der Waals surface area contributed by atoms with E-state index in [9.17, 15) is 0 Å². The molecule has 0 aliphatic carbocycles. The number of H-pyrrole nitrogens is 1. The number of hydrogen-bond donors (Lipinski definition) is 2. The van der Waals surface area contributed by atoms with Gasteiger partial charge in [0.05, 0.1) is 4.88 Å². The number of hydrogen-bond acceptors (Lipinski definition) is 5. The fourth-order valence-corrected chi connectivity index (χ4v) is 2.95. The van der Waals surface area contributed by atoms with Crippen LogP contribution in [0.25, 0.3) is 10.7 Å². The standard InChI is InChI=1S/C12H17N5S/c13-8-9-3-5-17(6-4-9)12-14-11(15-16-12)10-2-1-7-18-10/h1-2,7,9H,3-6,8,13H2,(H,14,15,16). The van der Waals surface area contributed by atoms with Gasteiger partial charge in [0.15, 0.2) is 5.82 Å². The third kappa shape index (κ3) is 2.26. The summed E-state index contributed by atoms with van der Waals surface area (Å²) in [6.45, 7) is 2.80. The van der Waals surface area contributed by atoms with Crippen LogP contribution in [0, 0.1) is 5.92 Å². The average molecular weight is 263 g/mol. The molecule has 0 spiro atoms. The van der Waals surface area contributed by atoms with E-state index in [2.05, 4.69) is 26.1 Å². The van der Waals surface area contributed by atoms with Crippen molar-refractivity contribution in [3.05, 3.63) is 17.5 Å². The van der Waals surface area contributed by atoms with E-state index in [4.69, 9.17) is 5.73 Å². The Kier molecular flexibility index (Phi) is 3.29. The predicted molar refractivity (Wildman–Crippen MR) is 73.7 cm³/mol. The molecule has 18 heavy (non-hydrogen) atoms. The first kappa shape index (κ1) is 11.7. The predicted octanol–water partition coefficient (Wildman–Crippen LogP) is 1.71. The zero-order valence-corrected chi connectivity index (χ0v) is 11.0. The van der Waals surface area contributed by atoms with Gasteiger partial charge < -0.3 is 10.6 Å². The van der Waals surface area contributed by atoms with Crippen LogP contribution in [-0.4, -0.2) is 34.8 Å². The van der Waals surface area contributed by atoms with Crippen molar-refractivity contribution in [2.24, 2.45) is 11.7 Å². The van der Waals surface area contributed by atoms with Crippen LogP contribution in [-0.2, 0) is 0 Å². The van der Waals surface area contributed by atoms with Crippen molar-refractivity contribution >= 4 is 17.3 Å². The highest BCUT2D eigenvalue weighted by molar-refractivity contribution is 7.13. The van der Waals surface area contributed by atoms with Gasteiger partial charge in [-0.25, -0.2) is 0 Å². The number of nitrogens with two attached hydrogens (primary N) is 1. The third-order valence-electron chi connectivity index (χ3n) is 3.46. The maximum atomic E-state index is 5.70. The van der Waals surface area contributed by atoms with Crippen molar-refractivity contribution in [1.82, 2.24) is 15.2 Å². The van der Waals surface area contributed by atoms with Gasteiger partial charge in [-0.2, -0.15) is 4.98 Å². The van der Waals surface area contributed by atoms with E-state index in [-0.39, 0.29) is 0 Å². The molecule has 0 atom stereocenters. The van der Waals surface area contributed by atoms with E-state index < -0.39 is 0 Å². The summed E-state index contributed by atoms with van der Waals surface area (Å²) in [6, 6.07) is 4.07. The van der Waals surface area contributed by atoms with E-state index in [0.29, 0.717) is 5.92 Å². The molecule has 2 aromatic rings. The van der Waals surface area contributed by atoms with Crippen LogP contribution in [0.3, 0.4) is 0 Å². The summed E-state index contributed by atoms with van der Waals surface area (Å²) in [5, 5.41) is 9.37. The Morgan fingerprint density at radius 2 is 2.28 bits per heavy atom. The second-order valence-corrected chi connectivity index (χ2v) is 5.58. The second kappa shape index (κ2) is 5.07. The molecule has 1 aliphatic heterocycles. The molecule has 0 amide bonds. The van der Waals surface area contributed by atoms with Crippen molar-refractivity contribution in [1.29, 1.82) is 0 Å². The average Bonchev–Trinajstić information content (AvgIpc) is 3.09. The first-order valence-electron chi connectivity index (χ1n) is 6.28. The molecule has 5 nitrogen and oxygen atoms in total. The maximum Gasteiger partial charge on any atom is 0.245 e. The highest BCUT2D eigenvalue weighted by Gasteiger charge is 2.21. The molecule has 3 heterocycles. The van der Waals surface area contributed by atoms with Crippen molar-refractivity contribution in [3.8, 4) is 10.7 Å². The molecule has 0 bridgehead atoms. The lowest BCUT2D eigenvalue weighted by molar-refractivity contribution is 0.411. The van der Waals surface area contributed by atoms with Crippen LogP contribution >= 0.6 is 11.3 Å². The summed E-state index contributed by atoms with van der Waals surface area (Å²) >= 11 is 1.67. The molecule has 0 aromatic carbocycles. The fourth-order valence-electron chi connectivity index (χ4n) is 2.29. The number of nitrogens with zero attached hydrogens (tertiary/aromatic N) is 3. The Morgan fingerprint density at radius 1 is 1.44 bits per heavy atom. The summed E-state index contributed by atoms with van der Waals surface area (Å²) in [7, 11) is 0. The number of thiophene rings is 1. The molecule has 2 aromatic heterocycles. The van der Waals surface area contributed by atoms with Gasteiger partial charge >= 0.3 is 0 Å². The lowest BCUT2D eigenvalue weighted by Gasteiger charge is -2.30. The molecule has 0 radical (unpaired) electrons. The van der Waals surface area contributed by atoms with Crippen LogP contribution < -0.4 is 10.6 Å². The third-order valence-corrected chi connectivity index (χ3v) is 4.34. The lowest BCUT2D eigenvalue weighted by Crippen LogP contribution is -2.36. The first-order valence-corrected chi connectivity index (χ1v) is 7.16. The number of aromatic amines is 1. The molecule has 0 saturated carbocycles. The number of anilines is 1. The van der Waals surface area contributed by atoms with Crippen LogP contribution in [0.2, 0.25) is 0 Å². The van der Waals surface area contributed by atoms with Gasteiger partial charge in [-0.15, -0.1) is 16.4 Å². The van der Waals surface area contributed by atoms with Gasteiger partial charge in [-0.3, -0.25) is 5.10 Å². The maximum absolute atomic E-state index is 5.70. The van der Waals surface area contributed by atoms with Gasteiger partial charge in [-0.05, 0) is 36.8 Å². The molecular formula is C12H17N5S. The lowest BCUT2D eigenvalue weighted by atomic mass is 9.97. The Hall–Kier alpha value is -1.40. The molecular weight excluding hydrogens is 246 g/mol. The summed E-state index contributed by atoms with van der Waals surface area (Å²) in [4.78, 5) is 7.93. The van der Waals surface area contributed by atoms with Gasteiger partial charge in [-0.1, -0.05) is 6.07 Å². The number of nitrogens with one attached hydrogen (secondary N) is 1. The fraction of sp³-hybridized carbons (Fsp3) is 0.500. The Balaban J connectivity index is 1.71. The number of rotatable bonds is 3. The minimum Gasteiger partial charge on any atom is -0.340 e. The molecule has 1 fully saturated rings. The van der Waals surface area contributed by atoms with Gasteiger partial charge in [0.25, 0.3) is 0 Å². The SMILES string of the molecule is NCC1CCN(c2n[nH]c(-c3cccs3)n2)CC1. The Labute approximate surface area is 110 Å². The van der Waals surface area contributed by atoms with Crippen molar-refractivity contribution < 1.29 is 0 Å². The van der Waals surface area contributed by atoms with Crippen LogP contribution in [0.1, 0.15) is 12.8 Å². The molecule has 96 valence electrons. The summed E-state index contributed by atoms with van der Waals surface area (Å²) in [6.07, 6.45) is 2.28. The summed E-state index contributed by atoms with van der Waals surface area (Å²) in [5.74, 6) is 2.34. The van der Waals surface area contributed by atoms with E-state index in [1.54, 1.807) is 11.3 Å². The number of aromatic nitrogens is 3. The summed E-state index contributed by atoms with van der Waals surface area (Å²) < 4.78 is 0. The Morgan fingerprint density at radius 3 is 2.94 bits per heavy atom. The van der Waals surface area contributed by atoms with Crippen LogP contribution in [0.15, 0.2) is 17.5 Å². The van der Waals surface area contributed by atoms with Gasteiger partial charge in [0.1, 0.15) is 0 Å². The molecule has 3 rings (SSSR count). The monoisotopic (exact) mass is 263 g/mol. The molecule has 3 N–H and O–H groups in total. The second-order valence-electron chi connectivity index (χ2n) is 4.63. The number of piperidine rings is 1. The van der Waals surface area contributed by atoms with Crippen LogP contribution in [0.5, 0.6) is 0 Å². The molecule has 6 heteroatoms. The highest BCUT2D eigenvalue weighted by Crippen LogP contribution is 2.24. The van der Waals surface area contributed by atoms with E-state index in [1.807, 2.05) is 11.4 Å². The van der Waals surface area contributed by atoms with Gasteiger partial charge in [0, 0.05) is 13.1 Å².